The Morgan fingerprint density at radius 1 is 1.09 bits per heavy atom. The number of rotatable bonds is 9. The third kappa shape index (κ3) is 5.65. The lowest BCUT2D eigenvalue weighted by Gasteiger charge is -2.15. The van der Waals surface area contributed by atoms with Crippen LogP contribution < -0.4 is 20.5 Å². The molecule has 10 heteroatoms. The molecule has 1 amide bonds. The van der Waals surface area contributed by atoms with Crippen molar-refractivity contribution in [3.63, 3.8) is 0 Å². The van der Waals surface area contributed by atoms with E-state index in [9.17, 15) is 18.4 Å². The number of hydrogen-bond acceptors (Lipinski definition) is 6. The summed E-state index contributed by atoms with van der Waals surface area (Å²) >= 11 is 0. The summed E-state index contributed by atoms with van der Waals surface area (Å²) in [6, 6.07) is 12.3. The van der Waals surface area contributed by atoms with Crippen LogP contribution in [-0.4, -0.2) is 35.1 Å². The SMILES string of the molecule is CCC(Oc1nc(Oc2cc(C(=O)NC)cc(-c3cccc(CN)c3)c2)c(F)cc1F)C(=O)O. The quantitative estimate of drug-likeness (QED) is 0.433. The van der Waals surface area contributed by atoms with Crippen LogP contribution in [0.1, 0.15) is 29.3 Å². The van der Waals surface area contributed by atoms with E-state index in [1.807, 2.05) is 24.3 Å². The summed E-state index contributed by atoms with van der Waals surface area (Å²) < 4.78 is 39.2. The van der Waals surface area contributed by atoms with Gasteiger partial charge in [-0.25, -0.2) is 13.6 Å². The van der Waals surface area contributed by atoms with Crippen molar-refractivity contribution in [2.75, 3.05) is 7.05 Å². The molecule has 8 nitrogen and oxygen atoms in total. The molecule has 34 heavy (non-hydrogen) atoms. The monoisotopic (exact) mass is 471 g/mol. The standard InChI is InChI=1S/C24H23F2N3O5/c1-3-20(24(31)32)34-23-19(26)11-18(25)22(29-23)33-17-9-15(8-16(10-17)21(30)28-2)14-6-4-5-13(7-14)12-27/h4-11,20H,3,12,27H2,1-2H3,(H,28,30)(H,31,32). The fourth-order valence-corrected chi connectivity index (χ4v) is 3.12. The van der Waals surface area contributed by atoms with Crippen LogP contribution in [0.2, 0.25) is 0 Å². The molecule has 0 fully saturated rings. The highest BCUT2D eigenvalue weighted by atomic mass is 19.1. The number of carboxylic acid groups (broad SMARTS) is 1. The molecular weight excluding hydrogens is 448 g/mol. The Morgan fingerprint density at radius 2 is 1.82 bits per heavy atom. The molecule has 0 spiro atoms. The molecule has 178 valence electrons. The number of carbonyl (C=O) groups is 2. The van der Waals surface area contributed by atoms with Gasteiger partial charge in [-0.15, -0.1) is 0 Å². The van der Waals surface area contributed by atoms with E-state index in [0.717, 1.165) is 11.1 Å². The van der Waals surface area contributed by atoms with Crippen LogP contribution in [0, 0.1) is 11.6 Å². The number of aliphatic carboxylic acids is 1. The molecule has 0 radical (unpaired) electrons. The van der Waals surface area contributed by atoms with Crippen LogP contribution in [0.4, 0.5) is 8.78 Å². The van der Waals surface area contributed by atoms with Gasteiger partial charge in [0.05, 0.1) is 0 Å². The number of nitrogens with one attached hydrogen (secondary N) is 1. The van der Waals surface area contributed by atoms with Crippen LogP contribution in [0.15, 0.2) is 48.5 Å². The van der Waals surface area contributed by atoms with Gasteiger partial charge in [-0.05, 0) is 47.4 Å². The van der Waals surface area contributed by atoms with Crippen molar-refractivity contribution in [2.24, 2.45) is 5.73 Å². The van der Waals surface area contributed by atoms with Crippen molar-refractivity contribution in [1.29, 1.82) is 0 Å². The summed E-state index contributed by atoms with van der Waals surface area (Å²) in [6.45, 7) is 1.85. The molecule has 2 aromatic carbocycles. The van der Waals surface area contributed by atoms with Gasteiger partial charge in [-0.2, -0.15) is 4.98 Å². The van der Waals surface area contributed by atoms with Crippen molar-refractivity contribution >= 4 is 11.9 Å². The van der Waals surface area contributed by atoms with Gasteiger partial charge in [0.15, 0.2) is 17.7 Å². The number of hydrogen-bond donors (Lipinski definition) is 3. The Balaban J connectivity index is 2.03. The minimum Gasteiger partial charge on any atom is -0.479 e. The van der Waals surface area contributed by atoms with Crippen molar-refractivity contribution in [3.8, 4) is 28.6 Å². The van der Waals surface area contributed by atoms with Gasteiger partial charge in [0.1, 0.15) is 5.75 Å². The highest BCUT2D eigenvalue weighted by Gasteiger charge is 2.23. The number of benzene rings is 2. The molecule has 1 unspecified atom stereocenters. The van der Waals surface area contributed by atoms with E-state index < -0.39 is 41.4 Å². The number of carbonyl (C=O) groups excluding carboxylic acids is 1. The second-order valence-electron chi connectivity index (χ2n) is 7.25. The van der Waals surface area contributed by atoms with Crippen molar-refractivity contribution < 1.29 is 33.0 Å². The van der Waals surface area contributed by atoms with E-state index in [1.165, 1.54) is 20.0 Å². The second kappa shape index (κ2) is 10.7. The molecule has 0 saturated carbocycles. The molecular formula is C24H23F2N3O5. The molecule has 0 saturated heterocycles. The molecule has 0 aliphatic heterocycles. The molecule has 1 atom stereocenters. The zero-order chi connectivity index (χ0) is 24.8. The van der Waals surface area contributed by atoms with E-state index in [4.69, 9.17) is 20.3 Å². The maximum absolute atomic E-state index is 14.4. The summed E-state index contributed by atoms with van der Waals surface area (Å²) in [7, 11) is 1.46. The lowest BCUT2D eigenvalue weighted by molar-refractivity contribution is -0.145. The summed E-state index contributed by atoms with van der Waals surface area (Å²) in [4.78, 5) is 27.2. The molecule has 1 heterocycles. The Morgan fingerprint density at radius 3 is 2.47 bits per heavy atom. The normalized spacial score (nSPS) is 11.6. The molecule has 0 aliphatic carbocycles. The van der Waals surface area contributed by atoms with Gasteiger partial charge >= 0.3 is 5.97 Å². The van der Waals surface area contributed by atoms with E-state index in [0.29, 0.717) is 18.2 Å². The smallest absolute Gasteiger partial charge is 0.344 e. The van der Waals surface area contributed by atoms with Gasteiger partial charge < -0.3 is 25.6 Å². The summed E-state index contributed by atoms with van der Waals surface area (Å²) in [5, 5.41) is 11.7. The minimum atomic E-state index is -1.38. The van der Waals surface area contributed by atoms with Crippen LogP contribution in [0.25, 0.3) is 11.1 Å². The predicted molar refractivity (Wildman–Crippen MR) is 120 cm³/mol. The Hall–Kier alpha value is -4.05. The summed E-state index contributed by atoms with van der Waals surface area (Å²) in [5.74, 6) is -5.36. The number of nitrogens with zero attached hydrogens (tertiary/aromatic N) is 1. The van der Waals surface area contributed by atoms with Gasteiger partial charge in [-0.3, -0.25) is 4.79 Å². The number of nitrogens with two attached hydrogens (primary N) is 1. The number of halogens is 2. The Kier molecular flexibility index (Phi) is 7.75. The summed E-state index contributed by atoms with van der Waals surface area (Å²) in [6.07, 6.45) is -1.35. The largest absolute Gasteiger partial charge is 0.479 e. The molecule has 0 aliphatic rings. The Labute approximate surface area is 194 Å². The third-order valence-corrected chi connectivity index (χ3v) is 4.87. The predicted octanol–water partition coefficient (Wildman–Crippen LogP) is 3.88. The minimum absolute atomic E-state index is 0.0312. The first-order valence-electron chi connectivity index (χ1n) is 10.4. The Bertz CT molecular complexity index is 1220. The van der Waals surface area contributed by atoms with E-state index >= 15 is 0 Å². The number of pyridine rings is 1. The fraction of sp³-hybridized carbons (Fsp3) is 0.208. The van der Waals surface area contributed by atoms with Crippen LogP contribution in [-0.2, 0) is 11.3 Å². The zero-order valence-electron chi connectivity index (χ0n) is 18.5. The first kappa shape index (κ1) is 24.6. The first-order chi connectivity index (χ1) is 16.2. The first-order valence-corrected chi connectivity index (χ1v) is 10.4. The molecule has 3 rings (SSSR count). The number of amides is 1. The molecule has 4 N–H and O–H groups in total. The maximum Gasteiger partial charge on any atom is 0.344 e. The second-order valence-corrected chi connectivity index (χ2v) is 7.25. The molecule has 1 aromatic heterocycles. The van der Waals surface area contributed by atoms with Gasteiger partial charge in [0, 0.05) is 25.2 Å². The lowest BCUT2D eigenvalue weighted by Crippen LogP contribution is -2.26. The molecule has 0 bridgehead atoms. The van der Waals surface area contributed by atoms with E-state index in [2.05, 4.69) is 10.3 Å². The van der Waals surface area contributed by atoms with Gasteiger partial charge in [0.2, 0.25) is 0 Å². The highest BCUT2D eigenvalue weighted by molar-refractivity contribution is 5.96. The highest BCUT2D eigenvalue weighted by Crippen LogP contribution is 2.32. The van der Waals surface area contributed by atoms with Crippen LogP contribution >= 0.6 is 0 Å². The molecule has 3 aromatic rings. The maximum atomic E-state index is 14.4. The number of ether oxygens (including phenoxy) is 2. The van der Waals surface area contributed by atoms with Crippen molar-refractivity contribution in [2.45, 2.75) is 26.0 Å². The summed E-state index contributed by atoms with van der Waals surface area (Å²) in [5.41, 5.74) is 8.13. The van der Waals surface area contributed by atoms with Crippen molar-refractivity contribution in [3.05, 3.63) is 71.3 Å². The van der Waals surface area contributed by atoms with Gasteiger partial charge in [0.25, 0.3) is 17.7 Å². The third-order valence-electron chi connectivity index (χ3n) is 4.87. The number of carboxylic acids is 1. The number of aromatic nitrogens is 1. The van der Waals surface area contributed by atoms with Crippen molar-refractivity contribution in [1.82, 2.24) is 10.3 Å². The average molecular weight is 471 g/mol. The van der Waals surface area contributed by atoms with E-state index in [1.54, 1.807) is 12.1 Å². The fourth-order valence-electron chi connectivity index (χ4n) is 3.12. The van der Waals surface area contributed by atoms with Crippen LogP contribution in [0.5, 0.6) is 17.5 Å². The van der Waals surface area contributed by atoms with Crippen LogP contribution in [0.3, 0.4) is 0 Å². The zero-order valence-corrected chi connectivity index (χ0v) is 18.5. The van der Waals surface area contributed by atoms with Gasteiger partial charge in [-0.1, -0.05) is 25.1 Å². The average Bonchev–Trinajstić information content (AvgIpc) is 2.84. The topological polar surface area (TPSA) is 124 Å². The van der Waals surface area contributed by atoms with E-state index in [-0.39, 0.29) is 17.7 Å². The lowest BCUT2D eigenvalue weighted by atomic mass is 10.00.